The second-order valence-electron chi connectivity index (χ2n) is 9.20. The number of H-pyrrole nitrogens is 1. The molecule has 1 N–H and O–H groups in total. The van der Waals surface area contributed by atoms with Crippen LogP contribution in [-0.4, -0.2) is 29.3 Å². The van der Waals surface area contributed by atoms with Crippen molar-refractivity contribution in [1.29, 1.82) is 0 Å². The third-order valence-corrected chi connectivity index (χ3v) is 6.46. The lowest BCUT2D eigenvalue weighted by atomic mass is 9.89. The zero-order valence-electron chi connectivity index (χ0n) is 18.5. The van der Waals surface area contributed by atoms with Gasteiger partial charge in [-0.05, 0) is 43.4 Å². The Labute approximate surface area is 185 Å². The van der Waals surface area contributed by atoms with E-state index in [4.69, 9.17) is 0 Å². The number of hydrogen-bond donors (Lipinski definition) is 1. The summed E-state index contributed by atoms with van der Waals surface area (Å²) in [6, 6.07) is 5.28. The number of aryl methyl sites for hydroxylation is 1. The molecule has 8 heteroatoms. The molecule has 0 unspecified atom stereocenters. The van der Waals surface area contributed by atoms with Crippen molar-refractivity contribution in [2.45, 2.75) is 64.8 Å². The fourth-order valence-electron chi connectivity index (χ4n) is 4.53. The summed E-state index contributed by atoms with van der Waals surface area (Å²) in [5, 5.41) is 8.18. The van der Waals surface area contributed by atoms with Gasteiger partial charge in [-0.25, -0.2) is 9.55 Å². The predicted octanol–water partition coefficient (Wildman–Crippen LogP) is 3.91. The fraction of sp³-hybridized carbons (Fsp3) is 0.458. The molecule has 0 amide bonds. The zero-order valence-corrected chi connectivity index (χ0v) is 18.5. The van der Waals surface area contributed by atoms with Crippen molar-refractivity contribution in [3.8, 4) is 5.95 Å². The molecule has 166 valence electrons. The summed E-state index contributed by atoms with van der Waals surface area (Å²) < 4.78 is 3.13. The van der Waals surface area contributed by atoms with Crippen molar-refractivity contribution in [3.63, 3.8) is 0 Å². The monoisotopic (exact) mass is 432 g/mol. The molecular formula is C24H28N6O2. The summed E-state index contributed by atoms with van der Waals surface area (Å²) in [6.45, 7) is 4.91. The average Bonchev–Trinajstić information content (AvgIpc) is 3.29. The summed E-state index contributed by atoms with van der Waals surface area (Å²) in [7, 11) is 0. The number of rotatable bonds is 5. The van der Waals surface area contributed by atoms with Gasteiger partial charge in [-0.3, -0.25) is 14.7 Å². The molecule has 1 fully saturated rings. The Balaban J connectivity index is 1.57. The topological polar surface area (TPSA) is 98.5 Å². The summed E-state index contributed by atoms with van der Waals surface area (Å²) in [6.07, 6.45) is 10.2. The van der Waals surface area contributed by atoms with E-state index < -0.39 is 0 Å². The van der Waals surface area contributed by atoms with Crippen LogP contribution >= 0.6 is 0 Å². The molecule has 0 radical (unpaired) electrons. The van der Waals surface area contributed by atoms with E-state index in [2.05, 4.69) is 34.0 Å². The van der Waals surface area contributed by atoms with Crippen molar-refractivity contribution in [2.75, 3.05) is 0 Å². The van der Waals surface area contributed by atoms with E-state index in [1.54, 1.807) is 29.1 Å². The van der Waals surface area contributed by atoms with Gasteiger partial charge in [0.25, 0.3) is 17.1 Å². The second-order valence-corrected chi connectivity index (χ2v) is 9.20. The van der Waals surface area contributed by atoms with Gasteiger partial charge in [-0.15, -0.1) is 5.10 Å². The highest BCUT2D eigenvalue weighted by Crippen LogP contribution is 2.30. The molecule has 0 bridgehead atoms. The van der Waals surface area contributed by atoms with Crippen LogP contribution in [0.3, 0.4) is 0 Å². The summed E-state index contributed by atoms with van der Waals surface area (Å²) in [4.78, 5) is 35.5. The Bertz CT molecular complexity index is 1390. The van der Waals surface area contributed by atoms with Crippen molar-refractivity contribution in [2.24, 2.45) is 5.92 Å². The normalized spacial score (nSPS) is 15.2. The lowest BCUT2D eigenvalue weighted by Gasteiger charge is -2.18. The highest BCUT2D eigenvalue weighted by molar-refractivity contribution is 5.91. The second kappa shape index (κ2) is 8.33. The van der Waals surface area contributed by atoms with Gasteiger partial charge < -0.3 is 4.57 Å². The maximum Gasteiger partial charge on any atom is 0.267 e. The molecule has 32 heavy (non-hydrogen) atoms. The van der Waals surface area contributed by atoms with Crippen molar-refractivity contribution >= 4 is 21.8 Å². The molecule has 8 nitrogen and oxygen atoms in total. The third-order valence-electron chi connectivity index (χ3n) is 6.46. The van der Waals surface area contributed by atoms with E-state index in [0.717, 1.165) is 25.1 Å². The van der Waals surface area contributed by atoms with Crippen LogP contribution in [-0.2, 0) is 6.54 Å². The number of hydrogen-bond acceptors (Lipinski definition) is 5. The van der Waals surface area contributed by atoms with Gasteiger partial charge in [0.1, 0.15) is 5.82 Å². The third kappa shape index (κ3) is 3.74. The Morgan fingerprint density at radius 3 is 2.47 bits per heavy atom. The maximum atomic E-state index is 13.3. The maximum absolute atomic E-state index is 13.3. The van der Waals surface area contributed by atoms with Crippen LogP contribution in [0.15, 0.2) is 40.2 Å². The van der Waals surface area contributed by atoms with E-state index in [1.807, 2.05) is 6.07 Å². The molecule has 4 aromatic heterocycles. The van der Waals surface area contributed by atoms with Crippen LogP contribution in [0.2, 0.25) is 0 Å². The standard InChI is InChI=1S/C24H28N6O2/c1-15(2)8-11-29-12-9-19-17(22(29)31)14-18-20(25-19)10-13-30(23(18)32)24-26-21(27-28-24)16-6-4-3-5-7-16/h9-10,12-16H,3-8,11H2,1-2H3,(H,26,27,28). The van der Waals surface area contributed by atoms with Gasteiger partial charge in [-0.1, -0.05) is 33.1 Å². The van der Waals surface area contributed by atoms with E-state index in [-0.39, 0.29) is 11.1 Å². The molecule has 0 aliphatic heterocycles. The van der Waals surface area contributed by atoms with Crippen molar-refractivity contribution < 1.29 is 0 Å². The van der Waals surface area contributed by atoms with Gasteiger partial charge in [0.05, 0.1) is 21.8 Å². The fourth-order valence-corrected chi connectivity index (χ4v) is 4.53. The summed E-state index contributed by atoms with van der Waals surface area (Å²) in [5.74, 6) is 2.05. The van der Waals surface area contributed by atoms with Crippen LogP contribution in [0, 0.1) is 5.92 Å². The van der Waals surface area contributed by atoms with Crippen LogP contribution in [0.5, 0.6) is 0 Å². The lowest BCUT2D eigenvalue weighted by molar-refractivity contribution is 0.429. The number of aromatic nitrogens is 6. The van der Waals surface area contributed by atoms with Crippen molar-refractivity contribution in [1.82, 2.24) is 29.3 Å². The first kappa shape index (κ1) is 20.6. The van der Waals surface area contributed by atoms with Crippen LogP contribution in [0.4, 0.5) is 0 Å². The predicted molar refractivity (Wildman–Crippen MR) is 124 cm³/mol. The molecular weight excluding hydrogens is 404 g/mol. The van der Waals surface area contributed by atoms with Crippen LogP contribution in [0.25, 0.3) is 27.8 Å². The number of aromatic amines is 1. The quantitative estimate of drug-likeness (QED) is 0.482. The number of nitrogens with zero attached hydrogens (tertiary/aromatic N) is 5. The van der Waals surface area contributed by atoms with Gasteiger partial charge in [0.2, 0.25) is 0 Å². The summed E-state index contributed by atoms with van der Waals surface area (Å²) in [5.41, 5.74) is 0.756. The van der Waals surface area contributed by atoms with E-state index in [9.17, 15) is 9.59 Å². The minimum atomic E-state index is -0.275. The van der Waals surface area contributed by atoms with Crippen LogP contribution in [0.1, 0.15) is 64.1 Å². The van der Waals surface area contributed by atoms with Gasteiger partial charge in [0.15, 0.2) is 0 Å². The van der Waals surface area contributed by atoms with Crippen LogP contribution < -0.4 is 11.1 Å². The minimum Gasteiger partial charge on any atom is -0.315 e. The number of nitrogens with one attached hydrogen (secondary N) is 1. The Morgan fingerprint density at radius 2 is 1.72 bits per heavy atom. The molecule has 4 heterocycles. The first-order chi connectivity index (χ1) is 15.5. The molecule has 0 saturated heterocycles. The molecule has 4 aromatic rings. The largest absolute Gasteiger partial charge is 0.315 e. The van der Waals surface area contributed by atoms with Gasteiger partial charge >= 0.3 is 0 Å². The Hall–Kier alpha value is -3.29. The van der Waals surface area contributed by atoms with E-state index in [0.29, 0.717) is 46.1 Å². The highest BCUT2D eigenvalue weighted by Gasteiger charge is 2.20. The minimum absolute atomic E-state index is 0.121. The average molecular weight is 433 g/mol. The zero-order chi connectivity index (χ0) is 22.2. The SMILES string of the molecule is CC(C)CCn1ccc2nc3ccn(-c4n[nH]c(C5CCCCC5)n4)c(=O)c3cc2c1=O. The Morgan fingerprint density at radius 1 is 1.00 bits per heavy atom. The van der Waals surface area contributed by atoms with E-state index in [1.165, 1.54) is 23.8 Å². The molecule has 1 aliphatic rings. The van der Waals surface area contributed by atoms with Gasteiger partial charge in [0, 0.05) is 24.9 Å². The van der Waals surface area contributed by atoms with Crippen molar-refractivity contribution in [3.05, 3.63) is 57.1 Å². The molecule has 0 spiro atoms. The molecule has 1 saturated carbocycles. The molecule has 1 aliphatic carbocycles. The first-order valence-electron chi connectivity index (χ1n) is 11.5. The molecule has 0 atom stereocenters. The lowest BCUT2D eigenvalue weighted by Crippen LogP contribution is -2.22. The Kier molecular flexibility index (Phi) is 5.36. The first-order valence-corrected chi connectivity index (χ1v) is 11.5. The molecule has 5 rings (SSSR count). The smallest absolute Gasteiger partial charge is 0.267 e. The number of fused-ring (bicyclic) bond motifs is 2. The molecule has 0 aromatic carbocycles. The summed E-state index contributed by atoms with van der Waals surface area (Å²) >= 11 is 0. The highest BCUT2D eigenvalue weighted by atomic mass is 16.1. The van der Waals surface area contributed by atoms with Gasteiger partial charge in [-0.2, -0.15) is 4.98 Å². The number of pyridine rings is 3. The van der Waals surface area contributed by atoms with E-state index >= 15 is 0 Å².